The number of anilines is 2. The minimum absolute atomic E-state index is 0.00233. The Labute approximate surface area is 188 Å². The first-order valence-electron chi connectivity index (χ1n) is 9.38. The lowest BCUT2D eigenvalue weighted by Crippen LogP contribution is -2.16. The van der Waals surface area contributed by atoms with Crippen molar-refractivity contribution in [2.24, 2.45) is 0 Å². The molecule has 0 unspecified atom stereocenters. The quantitative estimate of drug-likeness (QED) is 0.390. The monoisotopic (exact) mass is 495 g/mol. The summed E-state index contributed by atoms with van der Waals surface area (Å²) in [5.74, 6) is -0.413. The van der Waals surface area contributed by atoms with Crippen LogP contribution >= 0.6 is 15.9 Å². The highest BCUT2D eigenvalue weighted by molar-refractivity contribution is 9.10. The predicted molar refractivity (Wildman–Crippen MR) is 126 cm³/mol. The van der Waals surface area contributed by atoms with Crippen molar-refractivity contribution < 1.29 is 13.2 Å². The van der Waals surface area contributed by atoms with E-state index in [2.05, 4.69) is 31.0 Å². The van der Waals surface area contributed by atoms with Gasteiger partial charge in [0.25, 0.3) is 15.9 Å². The summed E-state index contributed by atoms with van der Waals surface area (Å²) >= 11 is 3.44. The summed E-state index contributed by atoms with van der Waals surface area (Å²) in [6, 6.07) is 21.9. The number of rotatable bonds is 5. The van der Waals surface area contributed by atoms with E-state index < -0.39 is 15.9 Å². The van der Waals surface area contributed by atoms with Gasteiger partial charge in [-0.3, -0.25) is 14.5 Å². The number of halogens is 1. The van der Waals surface area contributed by atoms with Crippen LogP contribution in [0.4, 0.5) is 11.4 Å². The Bertz CT molecular complexity index is 1390. The van der Waals surface area contributed by atoms with Crippen LogP contribution in [0.2, 0.25) is 0 Å². The largest absolute Gasteiger partial charge is 0.321 e. The molecule has 1 heterocycles. The SMILES string of the molecule is Cc1cc(NC(=O)c2cccc(S(=O)(=O)Nc3ccccc3)c2)c2cc(Br)ccc2n1. The number of hydrogen-bond acceptors (Lipinski definition) is 4. The van der Waals surface area contributed by atoms with Gasteiger partial charge in [-0.1, -0.05) is 40.2 Å². The van der Waals surface area contributed by atoms with E-state index in [0.29, 0.717) is 11.4 Å². The number of amides is 1. The van der Waals surface area contributed by atoms with Gasteiger partial charge < -0.3 is 5.32 Å². The van der Waals surface area contributed by atoms with E-state index in [1.807, 2.05) is 25.1 Å². The van der Waals surface area contributed by atoms with Gasteiger partial charge in [0.2, 0.25) is 0 Å². The Hall–Kier alpha value is -3.23. The molecule has 4 rings (SSSR count). The zero-order chi connectivity index (χ0) is 22.0. The number of carbonyl (C=O) groups is 1. The van der Waals surface area contributed by atoms with E-state index in [-0.39, 0.29) is 10.5 Å². The lowest BCUT2D eigenvalue weighted by atomic mass is 10.1. The molecule has 8 heteroatoms. The number of pyridine rings is 1. The molecular formula is C23H18BrN3O3S. The summed E-state index contributed by atoms with van der Waals surface area (Å²) in [5, 5.41) is 3.66. The average Bonchev–Trinajstić information content (AvgIpc) is 2.74. The molecule has 0 bridgehead atoms. The highest BCUT2D eigenvalue weighted by Gasteiger charge is 2.17. The summed E-state index contributed by atoms with van der Waals surface area (Å²) in [5.41, 5.74) is 2.79. The second-order valence-electron chi connectivity index (χ2n) is 6.93. The van der Waals surface area contributed by atoms with Gasteiger partial charge in [0.15, 0.2) is 0 Å². The lowest BCUT2D eigenvalue weighted by Gasteiger charge is -2.12. The predicted octanol–water partition coefficient (Wildman–Crippen LogP) is 5.36. The Morgan fingerprint density at radius 2 is 1.71 bits per heavy atom. The van der Waals surface area contributed by atoms with E-state index in [4.69, 9.17) is 0 Å². The van der Waals surface area contributed by atoms with Gasteiger partial charge in [-0.15, -0.1) is 0 Å². The van der Waals surface area contributed by atoms with E-state index in [1.54, 1.807) is 48.5 Å². The maximum absolute atomic E-state index is 12.9. The summed E-state index contributed by atoms with van der Waals surface area (Å²) in [6.07, 6.45) is 0. The Kier molecular flexibility index (Phi) is 5.75. The molecule has 0 aliphatic carbocycles. The van der Waals surface area contributed by atoms with Crippen molar-refractivity contribution in [2.45, 2.75) is 11.8 Å². The van der Waals surface area contributed by atoms with Gasteiger partial charge in [0.05, 0.1) is 16.1 Å². The molecule has 2 N–H and O–H groups in total. The molecule has 0 fully saturated rings. The lowest BCUT2D eigenvalue weighted by molar-refractivity contribution is 0.102. The number of para-hydroxylation sites is 1. The number of aryl methyl sites for hydroxylation is 1. The topological polar surface area (TPSA) is 88.2 Å². The maximum atomic E-state index is 12.9. The first-order chi connectivity index (χ1) is 14.8. The third-order valence-corrected chi connectivity index (χ3v) is 6.45. The van der Waals surface area contributed by atoms with Crippen molar-refractivity contribution in [3.05, 3.63) is 94.6 Å². The molecule has 0 spiro atoms. The van der Waals surface area contributed by atoms with Crippen LogP contribution in [-0.4, -0.2) is 19.3 Å². The molecule has 0 aliphatic heterocycles. The molecule has 156 valence electrons. The fourth-order valence-corrected chi connectivity index (χ4v) is 4.62. The molecule has 0 saturated carbocycles. The van der Waals surface area contributed by atoms with E-state index in [0.717, 1.165) is 21.1 Å². The van der Waals surface area contributed by atoms with Crippen molar-refractivity contribution in [3.63, 3.8) is 0 Å². The molecule has 4 aromatic rings. The second-order valence-corrected chi connectivity index (χ2v) is 9.52. The smallest absolute Gasteiger partial charge is 0.261 e. The zero-order valence-electron chi connectivity index (χ0n) is 16.5. The first-order valence-corrected chi connectivity index (χ1v) is 11.7. The standard InChI is InChI=1S/C23H18BrN3O3S/c1-15-12-22(20-14-17(24)10-11-21(20)25-15)26-23(28)16-6-5-9-19(13-16)31(29,30)27-18-7-3-2-4-8-18/h2-14,27H,1H3,(H,25,26,28). The molecule has 31 heavy (non-hydrogen) atoms. The highest BCUT2D eigenvalue weighted by Crippen LogP contribution is 2.27. The number of nitrogens with zero attached hydrogens (tertiary/aromatic N) is 1. The van der Waals surface area contributed by atoms with Crippen molar-refractivity contribution in [3.8, 4) is 0 Å². The Balaban J connectivity index is 1.64. The normalized spacial score (nSPS) is 11.3. The molecule has 1 amide bonds. The van der Waals surface area contributed by atoms with Crippen molar-refractivity contribution in [1.82, 2.24) is 4.98 Å². The second kappa shape index (κ2) is 8.49. The van der Waals surface area contributed by atoms with Gasteiger partial charge in [0.1, 0.15) is 0 Å². The number of carbonyl (C=O) groups excluding carboxylic acids is 1. The van der Waals surface area contributed by atoms with Crippen LogP contribution in [0.1, 0.15) is 16.1 Å². The van der Waals surface area contributed by atoms with Crippen LogP contribution in [0.25, 0.3) is 10.9 Å². The third-order valence-electron chi connectivity index (χ3n) is 4.58. The van der Waals surface area contributed by atoms with Crippen molar-refractivity contribution in [1.29, 1.82) is 0 Å². The van der Waals surface area contributed by atoms with Crippen LogP contribution in [0.15, 0.2) is 88.2 Å². The average molecular weight is 496 g/mol. The summed E-state index contributed by atoms with van der Waals surface area (Å²) in [7, 11) is -3.84. The summed E-state index contributed by atoms with van der Waals surface area (Å²) < 4.78 is 28.8. The molecule has 6 nitrogen and oxygen atoms in total. The highest BCUT2D eigenvalue weighted by atomic mass is 79.9. The van der Waals surface area contributed by atoms with Gasteiger partial charge in [-0.2, -0.15) is 0 Å². The van der Waals surface area contributed by atoms with E-state index in [9.17, 15) is 13.2 Å². The zero-order valence-corrected chi connectivity index (χ0v) is 18.9. The number of hydrogen-bond donors (Lipinski definition) is 2. The fraction of sp³-hybridized carbons (Fsp3) is 0.0435. The summed E-state index contributed by atoms with van der Waals surface area (Å²) in [6.45, 7) is 1.85. The van der Waals surface area contributed by atoms with Crippen molar-refractivity contribution in [2.75, 3.05) is 10.0 Å². The van der Waals surface area contributed by atoms with Gasteiger partial charge in [-0.25, -0.2) is 8.42 Å². The molecule has 0 radical (unpaired) electrons. The van der Waals surface area contributed by atoms with Crippen LogP contribution in [0, 0.1) is 6.92 Å². The number of aromatic nitrogens is 1. The van der Waals surface area contributed by atoms with E-state index in [1.165, 1.54) is 12.1 Å². The number of benzene rings is 3. The number of fused-ring (bicyclic) bond motifs is 1. The Morgan fingerprint density at radius 3 is 2.48 bits per heavy atom. The van der Waals surface area contributed by atoms with Crippen molar-refractivity contribution >= 4 is 54.1 Å². The molecule has 0 atom stereocenters. The maximum Gasteiger partial charge on any atom is 0.261 e. The first kappa shape index (κ1) is 21.0. The van der Waals surface area contributed by atoms with Gasteiger partial charge in [0, 0.05) is 26.8 Å². The molecular weight excluding hydrogens is 478 g/mol. The van der Waals surface area contributed by atoms with Crippen LogP contribution in [0.3, 0.4) is 0 Å². The van der Waals surface area contributed by atoms with Gasteiger partial charge >= 0.3 is 0 Å². The Morgan fingerprint density at radius 1 is 0.935 bits per heavy atom. The minimum Gasteiger partial charge on any atom is -0.321 e. The third kappa shape index (κ3) is 4.76. The molecule has 0 saturated heterocycles. The molecule has 1 aromatic heterocycles. The van der Waals surface area contributed by atoms with Crippen LogP contribution < -0.4 is 10.0 Å². The fourth-order valence-electron chi connectivity index (χ4n) is 3.15. The number of nitrogens with one attached hydrogen (secondary N) is 2. The van der Waals surface area contributed by atoms with Crippen LogP contribution in [-0.2, 0) is 10.0 Å². The number of sulfonamides is 1. The summed E-state index contributed by atoms with van der Waals surface area (Å²) in [4.78, 5) is 17.4. The van der Waals surface area contributed by atoms with E-state index >= 15 is 0 Å². The molecule has 0 aliphatic rings. The van der Waals surface area contributed by atoms with Gasteiger partial charge in [-0.05, 0) is 61.5 Å². The molecule has 3 aromatic carbocycles. The minimum atomic E-state index is -3.84. The van der Waals surface area contributed by atoms with Crippen LogP contribution in [0.5, 0.6) is 0 Å².